The highest BCUT2D eigenvalue weighted by Crippen LogP contribution is 2.27. The summed E-state index contributed by atoms with van der Waals surface area (Å²) < 4.78 is 33.8. The first-order valence-electron chi connectivity index (χ1n) is 5.74. The summed E-state index contributed by atoms with van der Waals surface area (Å²) in [5.41, 5.74) is 0.467. The number of nitrogens with zero attached hydrogens (tertiary/aromatic N) is 2. The van der Waals surface area contributed by atoms with E-state index in [0.29, 0.717) is 17.2 Å². The smallest absolute Gasteiger partial charge is 0.388 e. The quantitative estimate of drug-likeness (QED) is 0.852. The van der Waals surface area contributed by atoms with Gasteiger partial charge in [-0.2, -0.15) is 8.78 Å². The van der Waals surface area contributed by atoms with Crippen molar-refractivity contribution in [2.75, 3.05) is 0 Å². The van der Waals surface area contributed by atoms with Crippen molar-refractivity contribution >= 4 is 0 Å². The van der Waals surface area contributed by atoms with Crippen molar-refractivity contribution in [2.45, 2.75) is 32.8 Å². The third-order valence-electron chi connectivity index (χ3n) is 2.38. The van der Waals surface area contributed by atoms with Gasteiger partial charge >= 0.3 is 6.61 Å². The van der Waals surface area contributed by atoms with E-state index in [4.69, 9.17) is 4.42 Å². The van der Waals surface area contributed by atoms with E-state index in [-0.39, 0.29) is 11.3 Å². The number of alkyl halides is 2. The van der Waals surface area contributed by atoms with Crippen LogP contribution in [0.15, 0.2) is 28.9 Å². The fourth-order valence-corrected chi connectivity index (χ4v) is 1.44. The molecule has 0 radical (unpaired) electrons. The molecule has 2 heterocycles. The lowest BCUT2D eigenvalue weighted by molar-refractivity contribution is -0.0528. The number of hydrogen-bond donors (Lipinski definition) is 0. The Labute approximate surface area is 109 Å². The van der Waals surface area contributed by atoms with E-state index in [1.165, 1.54) is 12.3 Å². The highest BCUT2D eigenvalue weighted by atomic mass is 19.3. The molecule has 0 aliphatic carbocycles. The van der Waals surface area contributed by atoms with Crippen molar-refractivity contribution in [3.8, 4) is 17.2 Å². The van der Waals surface area contributed by atoms with Crippen LogP contribution >= 0.6 is 0 Å². The van der Waals surface area contributed by atoms with Crippen molar-refractivity contribution in [3.63, 3.8) is 0 Å². The molecule has 102 valence electrons. The summed E-state index contributed by atoms with van der Waals surface area (Å²) in [7, 11) is 0. The zero-order chi connectivity index (χ0) is 14.0. The van der Waals surface area contributed by atoms with Crippen LogP contribution in [0, 0.1) is 0 Å². The summed E-state index contributed by atoms with van der Waals surface area (Å²) in [6.07, 6.45) is 3.00. The minimum absolute atomic E-state index is 0.130. The first kappa shape index (κ1) is 13.5. The monoisotopic (exact) mass is 268 g/mol. The third-order valence-corrected chi connectivity index (χ3v) is 2.38. The molecule has 0 amide bonds. The summed E-state index contributed by atoms with van der Waals surface area (Å²) in [6, 6.07) is 2.96. The van der Waals surface area contributed by atoms with Gasteiger partial charge in [-0.3, -0.25) is 0 Å². The van der Waals surface area contributed by atoms with Gasteiger partial charge in [-0.1, -0.05) is 20.8 Å². The van der Waals surface area contributed by atoms with Crippen LogP contribution in [0.3, 0.4) is 0 Å². The predicted octanol–water partition coefficient (Wildman–Crippen LogP) is 3.64. The molecule has 0 aliphatic heterocycles. The molecule has 0 aliphatic rings. The Kier molecular flexibility index (Phi) is 3.50. The van der Waals surface area contributed by atoms with Crippen LogP contribution in [0.2, 0.25) is 0 Å². The maximum atomic E-state index is 12.0. The summed E-state index contributed by atoms with van der Waals surface area (Å²) >= 11 is 0. The van der Waals surface area contributed by atoms with Gasteiger partial charge in [-0.25, -0.2) is 9.97 Å². The van der Waals surface area contributed by atoms with Gasteiger partial charge in [0.25, 0.3) is 0 Å². The average Bonchev–Trinajstić information content (AvgIpc) is 2.78. The molecule has 0 saturated carbocycles. The Bertz CT molecular complexity index is 545. The zero-order valence-corrected chi connectivity index (χ0v) is 10.9. The minimum atomic E-state index is -2.88. The van der Waals surface area contributed by atoms with Crippen molar-refractivity contribution in [3.05, 3.63) is 30.4 Å². The van der Waals surface area contributed by atoms with Gasteiger partial charge in [0.1, 0.15) is 0 Å². The molecular weight excluding hydrogens is 254 g/mol. The molecule has 2 aromatic rings. The van der Waals surface area contributed by atoms with E-state index in [1.807, 2.05) is 20.8 Å². The molecule has 0 saturated heterocycles. The molecular formula is C13H14F2N2O2. The van der Waals surface area contributed by atoms with Crippen molar-refractivity contribution in [1.29, 1.82) is 0 Å². The lowest BCUT2D eigenvalue weighted by Crippen LogP contribution is -2.10. The third kappa shape index (κ3) is 3.27. The van der Waals surface area contributed by atoms with Crippen molar-refractivity contribution < 1.29 is 17.9 Å². The zero-order valence-electron chi connectivity index (χ0n) is 10.9. The van der Waals surface area contributed by atoms with Gasteiger partial charge in [0, 0.05) is 23.2 Å². The molecule has 0 fully saturated rings. The Balaban J connectivity index is 2.20. The maximum Gasteiger partial charge on any atom is 0.388 e. The molecule has 0 atom stereocenters. The molecule has 0 N–H and O–H groups in total. The lowest BCUT2D eigenvalue weighted by atomic mass is 9.97. The average molecular weight is 268 g/mol. The van der Waals surface area contributed by atoms with Gasteiger partial charge in [-0.05, 0) is 6.07 Å². The summed E-state index contributed by atoms with van der Waals surface area (Å²) in [6.45, 7) is 3.08. The fourth-order valence-electron chi connectivity index (χ4n) is 1.44. The van der Waals surface area contributed by atoms with E-state index in [1.54, 1.807) is 12.3 Å². The minimum Gasteiger partial charge on any atom is -0.440 e. The second-order valence-electron chi connectivity index (χ2n) is 5.04. The van der Waals surface area contributed by atoms with Crippen LogP contribution in [0.5, 0.6) is 5.88 Å². The molecule has 2 aromatic heterocycles. The second kappa shape index (κ2) is 4.95. The number of oxazole rings is 1. The Morgan fingerprint density at radius 2 is 1.89 bits per heavy atom. The number of pyridine rings is 1. The summed E-state index contributed by atoms with van der Waals surface area (Å²) in [5.74, 6) is 1.02. The molecule has 6 heteroatoms. The molecule has 4 nitrogen and oxygen atoms in total. The molecule has 2 rings (SSSR count). The van der Waals surface area contributed by atoms with E-state index in [9.17, 15) is 8.78 Å². The number of ether oxygens (including phenoxy) is 1. The second-order valence-corrected chi connectivity index (χ2v) is 5.04. The SMILES string of the molecule is CC(C)(C)c1ncc(-c2ccc(OC(F)F)nc2)o1. The van der Waals surface area contributed by atoms with E-state index >= 15 is 0 Å². The molecule has 0 aromatic carbocycles. The Morgan fingerprint density at radius 3 is 2.37 bits per heavy atom. The number of rotatable bonds is 3. The normalized spacial score (nSPS) is 11.9. The fraction of sp³-hybridized carbons (Fsp3) is 0.385. The van der Waals surface area contributed by atoms with Gasteiger partial charge in [0.15, 0.2) is 11.7 Å². The molecule has 0 bridgehead atoms. The summed E-state index contributed by atoms with van der Waals surface area (Å²) in [5, 5.41) is 0. The van der Waals surface area contributed by atoms with E-state index < -0.39 is 6.61 Å². The highest BCUT2D eigenvalue weighted by Gasteiger charge is 2.20. The van der Waals surface area contributed by atoms with Gasteiger partial charge in [0.05, 0.1) is 6.20 Å². The molecule has 0 unspecified atom stereocenters. The van der Waals surface area contributed by atoms with Gasteiger partial charge in [0.2, 0.25) is 5.88 Å². The van der Waals surface area contributed by atoms with Crippen LogP contribution in [-0.2, 0) is 5.41 Å². The Morgan fingerprint density at radius 1 is 1.16 bits per heavy atom. The standard InChI is InChI=1S/C13H14F2N2O2/c1-13(2,3)11-17-7-9(18-11)8-4-5-10(16-6-8)19-12(14)15/h4-7,12H,1-3H3. The highest BCUT2D eigenvalue weighted by molar-refractivity contribution is 5.55. The van der Waals surface area contributed by atoms with Crippen LogP contribution < -0.4 is 4.74 Å². The summed E-state index contributed by atoms with van der Waals surface area (Å²) in [4.78, 5) is 7.97. The van der Waals surface area contributed by atoms with Crippen LogP contribution in [0.1, 0.15) is 26.7 Å². The molecule has 0 spiro atoms. The van der Waals surface area contributed by atoms with E-state index in [0.717, 1.165) is 0 Å². The largest absolute Gasteiger partial charge is 0.440 e. The van der Waals surface area contributed by atoms with Crippen LogP contribution in [0.4, 0.5) is 8.78 Å². The maximum absolute atomic E-state index is 12.0. The number of halogens is 2. The van der Waals surface area contributed by atoms with Gasteiger partial charge in [-0.15, -0.1) is 0 Å². The number of hydrogen-bond acceptors (Lipinski definition) is 4. The first-order valence-corrected chi connectivity index (χ1v) is 5.74. The predicted molar refractivity (Wildman–Crippen MR) is 65.1 cm³/mol. The Hall–Kier alpha value is -1.98. The van der Waals surface area contributed by atoms with Crippen molar-refractivity contribution in [2.24, 2.45) is 0 Å². The lowest BCUT2D eigenvalue weighted by Gasteiger charge is -2.12. The van der Waals surface area contributed by atoms with Crippen molar-refractivity contribution in [1.82, 2.24) is 9.97 Å². The van der Waals surface area contributed by atoms with Gasteiger partial charge < -0.3 is 9.15 Å². The topological polar surface area (TPSA) is 48.2 Å². The van der Waals surface area contributed by atoms with Crippen LogP contribution in [-0.4, -0.2) is 16.6 Å². The van der Waals surface area contributed by atoms with Crippen LogP contribution in [0.25, 0.3) is 11.3 Å². The first-order chi connectivity index (χ1) is 8.86. The molecule has 19 heavy (non-hydrogen) atoms. The van der Waals surface area contributed by atoms with E-state index in [2.05, 4.69) is 14.7 Å². The number of aromatic nitrogens is 2.